The highest BCUT2D eigenvalue weighted by Crippen LogP contribution is 2.36. The van der Waals surface area contributed by atoms with E-state index in [0.29, 0.717) is 37.7 Å². The number of nitrogens with zero attached hydrogens (tertiary/aromatic N) is 4. The van der Waals surface area contributed by atoms with E-state index >= 15 is 0 Å². The van der Waals surface area contributed by atoms with Crippen molar-refractivity contribution in [2.75, 3.05) is 33.4 Å². The normalized spacial score (nSPS) is 16.1. The predicted molar refractivity (Wildman–Crippen MR) is 125 cm³/mol. The highest BCUT2D eigenvalue weighted by atomic mass is 32.2. The standard InChI is InChI=1S/C23H27N5O6S/c1-33-15-14-27-12-10-23(11-13-27,22(29)26-30)35(31,32)21-8-6-20(7-9-21)34-19-4-2-18(3-5-19)28-17-24-16-25-28/h2-9,16-17,30H,10-15H2,1H3,(H,26,29). The molecule has 1 amide bonds. The van der Waals surface area contributed by atoms with E-state index < -0.39 is 20.5 Å². The second kappa shape index (κ2) is 10.5. The number of carbonyl (C=O) groups excluding carboxylic acids is 1. The summed E-state index contributed by atoms with van der Waals surface area (Å²) in [5.41, 5.74) is 2.39. The number of hydrogen-bond acceptors (Lipinski definition) is 9. The van der Waals surface area contributed by atoms with Crippen molar-refractivity contribution in [3.8, 4) is 17.2 Å². The molecule has 0 radical (unpaired) electrons. The average Bonchev–Trinajstić information content (AvgIpc) is 3.43. The minimum absolute atomic E-state index is 0.0136. The molecule has 0 bridgehead atoms. The summed E-state index contributed by atoms with van der Waals surface area (Å²) in [5, 5.41) is 13.4. The number of rotatable bonds is 9. The molecule has 1 aromatic heterocycles. The van der Waals surface area contributed by atoms with Crippen molar-refractivity contribution in [3.63, 3.8) is 0 Å². The van der Waals surface area contributed by atoms with Crippen LogP contribution in [0.1, 0.15) is 12.8 Å². The Morgan fingerprint density at radius 2 is 1.71 bits per heavy atom. The van der Waals surface area contributed by atoms with Crippen LogP contribution >= 0.6 is 0 Å². The summed E-state index contributed by atoms with van der Waals surface area (Å²) in [6, 6.07) is 13.1. The van der Waals surface area contributed by atoms with Gasteiger partial charge in [-0.25, -0.2) is 23.6 Å². The predicted octanol–water partition coefficient (Wildman–Crippen LogP) is 1.82. The van der Waals surface area contributed by atoms with Crippen LogP contribution in [-0.2, 0) is 19.4 Å². The zero-order chi connectivity index (χ0) is 24.9. The zero-order valence-corrected chi connectivity index (χ0v) is 20.0. The third kappa shape index (κ3) is 5.05. The molecule has 1 aliphatic rings. The number of hydroxylamine groups is 1. The summed E-state index contributed by atoms with van der Waals surface area (Å²) in [4.78, 5) is 18.6. The zero-order valence-electron chi connectivity index (χ0n) is 19.2. The maximum absolute atomic E-state index is 13.6. The third-order valence-electron chi connectivity index (χ3n) is 6.19. The Morgan fingerprint density at radius 3 is 2.26 bits per heavy atom. The van der Waals surface area contributed by atoms with E-state index in [1.54, 1.807) is 35.7 Å². The van der Waals surface area contributed by atoms with Crippen molar-refractivity contribution >= 4 is 15.7 Å². The molecule has 0 spiro atoms. The van der Waals surface area contributed by atoms with E-state index in [2.05, 4.69) is 10.1 Å². The summed E-state index contributed by atoms with van der Waals surface area (Å²) in [6.07, 6.45) is 3.14. The van der Waals surface area contributed by atoms with Crippen LogP contribution in [-0.4, -0.2) is 77.3 Å². The molecule has 1 aliphatic heterocycles. The van der Waals surface area contributed by atoms with Crippen LogP contribution in [0.15, 0.2) is 66.1 Å². The van der Waals surface area contributed by atoms with Gasteiger partial charge < -0.3 is 14.4 Å². The molecule has 2 N–H and O–H groups in total. The summed E-state index contributed by atoms with van der Waals surface area (Å²) in [7, 11) is -2.50. The number of ether oxygens (including phenoxy) is 2. The fourth-order valence-electron chi connectivity index (χ4n) is 4.13. The summed E-state index contributed by atoms with van der Waals surface area (Å²) >= 11 is 0. The molecular formula is C23H27N5O6S. The van der Waals surface area contributed by atoms with Gasteiger partial charge in [0.15, 0.2) is 14.6 Å². The van der Waals surface area contributed by atoms with Crippen LogP contribution in [0.4, 0.5) is 0 Å². The number of likely N-dealkylation sites (tertiary alicyclic amines) is 1. The second-order valence-corrected chi connectivity index (χ2v) is 10.4. The molecule has 2 heterocycles. The lowest BCUT2D eigenvalue weighted by molar-refractivity contribution is -0.133. The van der Waals surface area contributed by atoms with Crippen molar-refractivity contribution in [2.45, 2.75) is 22.5 Å². The smallest absolute Gasteiger partial charge is 0.265 e. The molecule has 12 heteroatoms. The molecule has 3 aromatic rings. The lowest BCUT2D eigenvalue weighted by Gasteiger charge is -2.39. The van der Waals surface area contributed by atoms with Gasteiger partial charge >= 0.3 is 0 Å². The van der Waals surface area contributed by atoms with Crippen LogP contribution in [0, 0.1) is 0 Å². The Labute approximate surface area is 203 Å². The molecule has 2 aromatic carbocycles. The summed E-state index contributed by atoms with van der Waals surface area (Å²) in [5.74, 6) is 0.0771. The van der Waals surface area contributed by atoms with Crippen molar-refractivity contribution in [1.82, 2.24) is 25.1 Å². The third-order valence-corrected chi connectivity index (χ3v) is 8.71. The molecular weight excluding hydrogens is 474 g/mol. The number of nitrogens with one attached hydrogen (secondary N) is 1. The van der Waals surface area contributed by atoms with Gasteiger partial charge in [-0.1, -0.05) is 0 Å². The molecule has 11 nitrogen and oxygen atoms in total. The van der Waals surface area contributed by atoms with E-state index in [0.717, 1.165) is 5.69 Å². The first-order valence-corrected chi connectivity index (χ1v) is 12.5. The van der Waals surface area contributed by atoms with E-state index in [1.807, 2.05) is 17.0 Å². The highest BCUT2D eigenvalue weighted by Gasteiger charge is 2.52. The van der Waals surface area contributed by atoms with Crippen molar-refractivity contribution in [1.29, 1.82) is 0 Å². The van der Waals surface area contributed by atoms with Crippen LogP contribution in [0.3, 0.4) is 0 Å². The lowest BCUT2D eigenvalue weighted by Crippen LogP contribution is -2.57. The van der Waals surface area contributed by atoms with Crippen molar-refractivity contribution < 1.29 is 27.9 Å². The fourth-order valence-corrected chi connectivity index (χ4v) is 6.09. The van der Waals surface area contributed by atoms with Crippen molar-refractivity contribution in [3.05, 3.63) is 61.2 Å². The largest absolute Gasteiger partial charge is 0.457 e. The first kappa shape index (κ1) is 24.8. The first-order valence-electron chi connectivity index (χ1n) is 11.0. The van der Waals surface area contributed by atoms with Gasteiger partial charge in [0, 0.05) is 26.7 Å². The van der Waals surface area contributed by atoms with Gasteiger partial charge in [0.1, 0.15) is 24.2 Å². The Balaban J connectivity index is 1.50. The van der Waals surface area contributed by atoms with E-state index in [4.69, 9.17) is 9.47 Å². The van der Waals surface area contributed by atoms with E-state index in [1.165, 1.54) is 30.6 Å². The van der Waals surface area contributed by atoms with Crippen LogP contribution < -0.4 is 10.2 Å². The van der Waals surface area contributed by atoms with E-state index in [-0.39, 0.29) is 17.7 Å². The van der Waals surface area contributed by atoms with Gasteiger partial charge in [-0.3, -0.25) is 10.0 Å². The van der Waals surface area contributed by atoms with Gasteiger partial charge in [0.25, 0.3) is 5.91 Å². The molecule has 186 valence electrons. The number of carbonyl (C=O) groups is 1. The molecule has 0 aliphatic carbocycles. The molecule has 0 saturated carbocycles. The Kier molecular flexibility index (Phi) is 7.45. The summed E-state index contributed by atoms with van der Waals surface area (Å²) in [6.45, 7) is 1.93. The number of amides is 1. The van der Waals surface area contributed by atoms with Crippen LogP contribution in [0.25, 0.3) is 5.69 Å². The van der Waals surface area contributed by atoms with Crippen molar-refractivity contribution in [2.24, 2.45) is 0 Å². The quantitative estimate of drug-likeness (QED) is 0.332. The van der Waals surface area contributed by atoms with E-state index in [9.17, 15) is 18.4 Å². The molecule has 1 fully saturated rings. The maximum atomic E-state index is 13.6. The Morgan fingerprint density at radius 1 is 1.09 bits per heavy atom. The number of benzene rings is 2. The minimum atomic E-state index is -4.10. The monoisotopic (exact) mass is 501 g/mol. The van der Waals surface area contributed by atoms with Crippen LogP contribution in [0.2, 0.25) is 0 Å². The fraction of sp³-hybridized carbons (Fsp3) is 0.348. The molecule has 0 atom stereocenters. The molecule has 0 unspecified atom stereocenters. The topological polar surface area (TPSA) is 136 Å². The van der Waals surface area contributed by atoms with Gasteiger partial charge in [-0.05, 0) is 61.4 Å². The number of hydrogen-bond donors (Lipinski definition) is 2. The number of aromatic nitrogens is 3. The Hall–Kier alpha value is -3.32. The lowest BCUT2D eigenvalue weighted by atomic mass is 9.95. The first-order chi connectivity index (χ1) is 16.9. The summed E-state index contributed by atoms with van der Waals surface area (Å²) < 4.78 is 37.9. The van der Waals surface area contributed by atoms with Gasteiger partial charge in [0.05, 0.1) is 17.2 Å². The minimum Gasteiger partial charge on any atom is -0.457 e. The molecule has 1 saturated heterocycles. The number of sulfone groups is 1. The second-order valence-electron chi connectivity index (χ2n) is 8.18. The van der Waals surface area contributed by atoms with Crippen LogP contribution in [0.5, 0.6) is 11.5 Å². The average molecular weight is 502 g/mol. The van der Waals surface area contributed by atoms with Gasteiger partial charge in [-0.2, -0.15) is 5.10 Å². The number of methoxy groups -OCH3 is 1. The SMILES string of the molecule is COCCN1CCC(C(=O)NO)(S(=O)(=O)c2ccc(Oc3ccc(-n4cncn4)cc3)cc2)CC1. The number of piperidine rings is 1. The van der Waals surface area contributed by atoms with Gasteiger partial charge in [0.2, 0.25) is 0 Å². The molecule has 35 heavy (non-hydrogen) atoms. The van der Waals surface area contributed by atoms with Gasteiger partial charge in [-0.15, -0.1) is 0 Å². The molecule has 4 rings (SSSR count). The Bertz CT molecular complexity index is 1220. The highest BCUT2D eigenvalue weighted by molar-refractivity contribution is 7.93. The maximum Gasteiger partial charge on any atom is 0.265 e.